The first-order valence-electron chi connectivity index (χ1n) is 6.24. The summed E-state index contributed by atoms with van der Waals surface area (Å²) >= 11 is 0. The molecule has 3 nitrogen and oxygen atoms in total. The van der Waals surface area contributed by atoms with Gasteiger partial charge in [0.05, 0.1) is 0 Å². The first-order valence-corrected chi connectivity index (χ1v) is 6.24. The van der Waals surface area contributed by atoms with Gasteiger partial charge in [0.15, 0.2) is 0 Å². The van der Waals surface area contributed by atoms with Crippen LogP contribution in [-0.2, 0) is 4.79 Å². The molecule has 1 saturated heterocycles. The first-order chi connectivity index (χ1) is 7.89. The van der Waals surface area contributed by atoms with Crippen LogP contribution in [0.15, 0.2) is 0 Å². The van der Waals surface area contributed by atoms with Gasteiger partial charge in [-0.2, -0.15) is 0 Å². The topological polar surface area (TPSA) is 23.6 Å². The lowest BCUT2D eigenvalue weighted by Gasteiger charge is -2.47. The minimum Gasteiger partial charge on any atom is -0.336 e. The lowest BCUT2D eigenvalue weighted by Crippen LogP contribution is -2.57. The van der Waals surface area contributed by atoms with E-state index in [1.165, 1.54) is 6.92 Å². The Bertz CT molecular complexity index is 293. The molecule has 2 aliphatic rings. The van der Waals surface area contributed by atoms with Gasteiger partial charge in [0.1, 0.15) is 0 Å². The minimum atomic E-state index is -2.55. The van der Waals surface area contributed by atoms with Gasteiger partial charge >= 0.3 is 0 Å². The number of nitrogens with zero attached hydrogens (tertiary/aromatic N) is 2. The van der Waals surface area contributed by atoms with Crippen LogP contribution in [0, 0.1) is 0 Å². The molecule has 0 radical (unpaired) electrons. The van der Waals surface area contributed by atoms with Gasteiger partial charge in [-0.3, -0.25) is 4.79 Å². The van der Waals surface area contributed by atoms with E-state index in [9.17, 15) is 13.6 Å². The van der Waals surface area contributed by atoms with E-state index < -0.39 is 5.92 Å². The van der Waals surface area contributed by atoms with Crippen LogP contribution in [0.1, 0.15) is 32.6 Å². The largest absolute Gasteiger partial charge is 0.336 e. The number of likely N-dealkylation sites (tertiary alicyclic amines) is 1. The average Bonchev–Trinajstić information content (AvgIpc) is 2.18. The molecule has 0 aromatic rings. The molecule has 1 heterocycles. The number of rotatable bonds is 2. The monoisotopic (exact) mass is 246 g/mol. The van der Waals surface area contributed by atoms with E-state index >= 15 is 0 Å². The molecule has 5 heteroatoms. The normalized spacial score (nSPS) is 26.6. The summed E-state index contributed by atoms with van der Waals surface area (Å²) in [5.74, 6) is -2.61. The fraction of sp³-hybridized carbons (Fsp3) is 0.917. The molecule has 0 spiro atoms. The molecule has 1 aliphatic heterocycles. The van der Waals surface area contributed by atoms with Crippen molar-refractivity contribution >= 4 is 5.91 Å². The van der Waals surface area contributed by atoms with Gasteiger partial charge in [0.25, 0.3) is 5.92 Å². The maximum atomic E-state index is 12.9. The highest BCUT2D eigenvalue weighted by atomic mass is 19.3. The van der Waals surface area contributed by atoms with Crippen molar-refractivity contribution in [3.8, 4) is 0 Å². The molecule has 0 aromatic carbocycles. The lowest BCUT2D eigenvalue weighted by molar-refractivity contribution is -0.158. The summed E-state index contributed by atoms with van der Waals surface area (Å²) < 4.78 is 25.8. The molecule has 0 aromatic heterocycles. The van der Waals surface area contributed by atoms with Crippen LogP contribution in [0.3, 0.4) is 0 Å². The molecule has 17 heavy (non-hydrogen) atoms. The first kappa shape index (κ1) is 12.7. The Morgan fingerprint density at radius 2 is 1.76 bits per heavy atom. The van der Waals surface area contributed by atoms with Gasteiger partial charge in [-0.05, 0) is 33.0 Å². The van der Waals surface area contributed by atoms with Crippen molar-refractivity contribution in [1.82, 2.24) is 9.80 Å². The Morgan fingerprint density at radius 1 is 1.24 bits per heavy atom. The van der Waals surface area contributed by atoms with Crippen LogP contribution in [0.4, 0.5) is 8.78 Å². The number of carbonyl (C=O) groups is 1. The predicted octanol–water partition coefficient (Wildman–Crippen LogP) is 1.73. The average molecular weight is 246 g/mol. The van der Waals surface area contributed by atoms with Crippen LogP contribution >= 0.6 is 0 Å². The maximum Gasteiger partial charge on any atom is 0.252 e. The van der Waals surface area contributed by atoms with E-state index in [0.717, 1.165) is 25.9 Å². The van der Waals surface area contributed by atoms with Gasteiger partial charge in [0.2, 0.25) is 5.91 Å². The van der Waals surface area contributed by atoms with E-state index in [-0.39, 0.29) is 30.8 Å². The maximum absolute atomic E-state index is 12.9. The summed E-state index contributed by atoms with van der Waals surface area (Å²) in [6.45, 7) is 3.38. The molecule has 2 rings (SSSR count). The fourth-order valence-electron chi connectivity index (χ4n) is 2.91. The molecule has 2 fully saturated rings. The Labute approximate surface area is 101 Å². The third kappa shape index (κ3) is 2.76. The number of amides is 1. The second kappa shape index (κ2) is 4.52. The van der Waals surface area contributed by atoms with Crippen molar-refractivity contribution in [2.75, 3.05) is 20.1 Å². The van der Waals surface area contributed by atoms with Gasteiger partial charge in [-0.25, -0.2) is 8.78 Å². The summed E-state index contributed by atoms with van der Waals surface area (Å²) in [6, 6.07) is -0.0827. The second-order valence-corrected chi connectivity index (χ2v) is 5.38. The summed E-state index contributed by atoms with van der Waals surface area (Å²) in [5, 5.41) is 0. The number of hydrogen-bond acceptors (Lipinski definition) is 2. The highest BCUT2D eigenvalue weighted by molar-refractivity contribution is 5.74. The molecule has 0 bridgehead atoms. The van der Waals surface area contributed by atoms with Crippen LogP contribution in [0.5, 0.6) is 0 Å². The van der Waals surface area contributed by atoms with Crippen molar-refractivity contribution < 1.29 is 13.6 Å². The Hall–Kier alpha value is -0.710. The lowest BCUT2D eigenvalue weighted by atomic mass is 9.84. The highest BCUT2D eigenvalue weighted by Crippen LogP contribution is 2.42. The van der Waals surface area contributed by atoms with E-state index in [2.05, 4.69) is 4.90 Å². The van der Waals surface area contributed by atoms with Crippen LogP contribution in [0.2, 0.25) is 0 Å². The van der Waals surface area contributed by atoms with E-state index in [4.69, 9.17) is 0 Å². The molecule has 1 amide bonds. The van der Waals surface area contributed by atoms with Crippen LogP contribution in [0.25, 0.3) is 0 Å². The standard InChI is InChI=1S/C12H20F2N2O/c1-9(17)16(11-7-12(13,14)8-11)10-3-5-15(2)6-4-10/h10-11H,3-8H2,1-2H3. The van der Waals surface area contributed by atoms with Crippen molar-refractivity contribution in [2.45, 2.75) is 50.6 Å². The van der Waals surface area contributed by atoms with E-state index in [1.807, 2.05) is 7.05 Å². The van der Waals surface area contributed by atoms with Crippen molar-refractivity contribution in [2.24, 2.45) is 0 Å². The smallest absolute Gasteiger partial charge is 0.252 e. The SMILES string of the molecule is CC(=O)N(C1CCN(C)CC1)C1CC(F)(F)C1. The van der Waals surface area contributed by atoms with Gasteiger partial charge in [-0.1, -0.05) is 0 Å². The summed E-state index contributed by atoms with van der Waals surface area (Å²) in [5.41, 5.74) is 0. The third-order valence-corrected chi connectivity index (χ3v) is 3.91. The molecular weight excluding hydrogens is 226 g/mol. The summed E-state index contributed by atoms with van der Waals surface area (Å²) in [6.07, 6.45) is 1.49. The highest BCUT2D eigenvalue weighted by Gasteiger charge is 2.50. The zero-order chi connectivity index (χ0) is 12.6. The molecule has 1 aliphatic carbocycles. The van der Waals surface area contributed by atoms with Crippen LogP contribution < -0.4 is 0 Å². The van der Waals surface area contributed by atoms with Gasteiger partial charge in [0, 0.05) is 31.8 Å². The van der Waals surface area contributed by atoms with Crippen molar-refractivity contribution in [1.29, 1.82) is 0 Å². The number of carbonyl (C=O) groups excluding carboxylic acids is 1. The molecule has 0 atom stereocenters. The summed E-state index contributed by atoms with van der Waals surface area (Å²) in [4.78, 5) is 15.6. The predicted molar refractivity (Wildman–Crippen MR) is 61.0 cm³/mol. The van der Waals surface area contributed by atoms with Crippen LogP contribution in [-0.4, -0.2) is 53.9 Å². The van der Waals surface area contributed by atoms with Gasteiger partial charge in [-0.15, -0.1) is 0 Å². The summed E-state index contributed by atoms with van der Waals surface area (Å²) in [7, 11) is 2.05. The molecule has 1 saturated carbocycles. The Balaban J connectivity index is 1.96. The molecule has 98 valence electrons. The quantitative estimate of drug-likeness (QED) is 0.741. The number of piperidine rings is 1. The number of halogens is 2. The Kier molecular flexibility index (Phi) is 3.39. The Morgan fingerprint density at radius 3 is 2.18 bits per heavy atom. The van der Waals surface area contributed by atoms with E-state index in [1.54, 1.807) is 4.90 Å². The number of hydrogen-bond donors (Lipinski definition) is 0. The number of alkyl halides is 2. The molecule has 0 unspecified atom stereocenters. The van der Waals surface area contributed by atoms with Gasteiger partial charge < -0.3 is 9.80 Å². The van der Waals surface area contributed by atoms with Crippen molar-refractivity contribution in [3.63, 3.8) is 0 Å². The van der Waals surface area contributed by atoms with Crippen molar-refractivity contribution in [3.05, 3.63) is 0 Å². The van der Waals surface area contributed by atoms with E-state index in [0.29, 0.717) is 0 Å². The fourth-order valence-corrected chi connectivity index (χ4v) is 2.91. The minimum absolute atomic E-state index is 0.0555. The molecule has 0 N–H and O–H groups in total. The zero-order valence-electron chi connectivity index (χ0n) is 10.5. The zero-order valence-corrected chi connectivity index (χ0v) is 10.5. The molecular formula is C12H20F2N2O. The third-order valence-electron chi connectivity index (χ3n) is 3.91. The second-order valence-electron chi connectivity index (χ2n) is 5.38.